The Kier molecular flexibility index (Phi) is 6.47. The molecule has 4 N–H and O–H groups in total. The van der Waals surface area contributed by atoms with E-state index in [1.54, 1.807) is 42.5 Å². The molecule has 0 aliphatic carbocycles. The number of carbonyl (C=O) groups is 2. The van der Waals surface area contributed by atoms with Crippen molar-refractivity contribution in [3.05, 3.63) is 70.9 Å². The summed E-state index contributed by atoms with van der Waals surface area (Å²) in [4.78, 5) is 23.2. The summed E-state index contributed by atoms with van der Waals surface area (Å²) in [6.07, 6.45) is -0.819. The van der Waals surface area contributed by atoms with Gasteiger partial charge in [-0.2, -0.15) is 5.23 Å². The van der Waals surface area contributed by atoms with Crippen LogP contribution in [-0.4, -0.2) is 28.4 Å². The molecule has 2 atom stereocenters. The minimum atomic E-state index is -1.19. The summed E-state index contributed by atoms with van der Waals surface area (Å²) in [7, 11) is 0. The van der Waals surface area contributed by atoms with Gasteiger partial charge in [0.25, 0.3) is 0 Å². The van der Waals surface area contributed by atoms with Gasteiger partial charge in [0.1, 0.15) is 12.6 Å². The van der Waals surface area contributed by atoms with Gasteiger partial charge in [0.15, 0.2) is 5.69 Å². The summed E-state index contributed by atoms with van der Waals surface area (Å²) < 4.78 is 4.96. The van der Waals surface area contributed by atoms with Crippen LogP contribution in [0, 0.1) is 5.21 Å². The van der Waals surface area contributed by atoms with Gasteiger partial charge >= 0.3 is 12.1 Å². The fraction of sp³-hybridized carbons (Fsp3) is 0.176. The van der Waals surface area contributed by atoms with Gasteiger partial charge in [-0.05, 0) is 11.6 Å². The van der Waals surface area contributed by atoms with E-state index in [9.17, 15) is 19.9 Å². The summed E-state index contributed by atoms with van der Waals surface area (Å²) in [5.74, 6) is -1.19. The van der Waals surface area contributed by atoms with E-state index in [2.05, 4.69) is 5.32 Å². The Hall–Kier alpha value is -2.94. The summed E-state index contributed by atoms with van der Waals surface area (Å²) in [5, 5.41) is 30.6. The molecule has 0 radical (unpaired) electrons. The molecule has 0 spiro atoms. The number of amides is 1. The molecule has 0 aromatic heterocycles. The second-order valence-corrected chi connectivity index (χ2v) is 5.26. The van der Waals surface area contributed by atoms with Gasteiger partial charge in [-0.25, -0.2) is 14.8 Å². The zero-order chi connectivity index (χ0) is 18.2. The van der Waals surface area contributed by atoms with Gasteiger partial charge in [-0.1, -0.05) is 42.5 Å². The number of carboxylic acid groups (broad SMARTS) is 1. The Balaban J connectivity index is 1.95. The van der Waals surface area contributed by atoms with Gasteiger partial charge in [0, 0.05) is 12.5 Å². The van der Waals surface area contributed by atoms with Crippen molar-refractivity contribution in [1.82, 2.24) is 5.32 Å². The first kappa shape index (κ1) is 18.4. The van der Waals surface area contributed by atoms with Crippen molar-refractivity contribution in [1.29, 1.82) is 0 Å². The fourth-order valence-corrected chi connectivity index (χ4v) is 2.23. The molecule has 0 aliphatic rings. The number of quaternary nitrogens is 1. The number of para-hydroxylation sites is 1. The summed E-state index contributed by atoms with van der Waals surface area (Å²) >= 11 is 0. The lowest BCUT2D eigenvalue weighted by Gasteiger charge is -2.17. The highest BCUT2D eigenvalue weighted by Gasteiger charge is 2.21. The average molecular weight is 346 g/mol. The smallest absolute Gasteiger partial charge is 0.408 e. The van der Waals surface area contributed by atoms with Crippen LogP contribution in [0.1, 0.15) is 11.1 Å². The minimum absolute atomic E-state index is 0.0226. The Morgan fingerprint density at radius 3 is 2.40 bits per heavy atom. The predicted molar refractivity (Wildman–Crippen MR) is 87.1 cm³/mol. The third-order valence-corrected chi connectivity index (χ3v) is 3.48. The van der Waals surface area contributed by atoms with E-state index >= 15 is 0 Å². The quantitative estimate of drug-likeness (QED) is 0.555. The third kappa shape index (κ3) is 5.57. The molecule has 25 heavy (non-hydrogen) atoms. The Morgan fingerprint density at radius 1 is 1.12 bits per heavy atom. The highest BCUT2D eigenvalue weighted by Crippen LogP contribution is 2.11. The predicted octanol–water partition coefficient (Wildman–Crippen LogP) is 1.01. The maximum absolute atomic E-state index is 11.9. The van der Waals surface area contributed by atoms with Crippen molar-refractivity contribution < 1.29 is 29.9 Å². The average Bonchev–Trinajstić information content (AvgIpc) is 2.60. The lowest BCUT2D eigenvalue weighted by atomic mass is 10.1. The fourth-order valence-electron chi connectivity index (χ4n) is 2.23. The highest BCUT2D eigenvalue weighted by molar-refractivity contribution is 5.80. The van der Waals surface area contributed by atoms with E-state index in [1.165, 1.54) is 12.1 Å². The van der Waals surface area contributed by atoms with Crippen LogP contribution < -0.4 is 10.5 Å². The monoisotopic (exact) mass is 346 g/mol. The van der Waals surface area contributed by atoms with Crippen molar-refractivity contribution in [2.45, 2.75) is 19.1 Å². The van der Waals surface area contributed by atoms with Gasteiger partial charge in [-0.3, -0.25) is 0 Å². The van der Waals surface area contributed by atoms with Crippen LogP contribution in [0.5, 0.6) is 0 Å². The highest BCUT2D eigenvalue weighted by atomic mass is 16.8. The van der Waals surface area contributed by atoms with Crippen LogP contribution >= 0.6 is 0 Å². The molecule has 132 valence electrons. The number of aliphatic carboxylic acids is 1. The second kappa shape index (κ2) is 8.78. The number of hydrogen-bond donors (Lipinski definition) is 4. The number of hydrogen-bond acceptors (Lipinski definition) is 5. The van der Waals surface area contributed by atoms with Crippen LogP contribution in [-0.2, 0) is 22.6 Å². The van der Waals surface area contributed by atoms with Crippen LogP contribution in [0.2, 0.25) is 0 Å². The van der Waals surface area contributed by atoms with Gasteiger partial charge < -0.3 is 20.4 Å². The van der Waals surface area contributed by atoms with Gasteiger partial charge in [0.2, 0.25) is 0 Å². The van der Waals surface area contributed by atoms with E-state index in [-0.39, 0.29) is 18.7 Å². The molecule has 2 rings (SSSR count). The van der Waals surface area contributed by atoms with Crippen molar-refractivity contribution in [2.24, 2.45) is 0 Å². The standard InChI is InChI=1S/C17H18N2O6/c20-16(21)14(10-12-6-2-1-3-7-12)18-17(22)25-11-13-8-4-5-9-15(13)19(23)24/h1-9,14,19,23H,10-11H2,(H,18,22)(H,20,21)/t14-/m1/s1. The van der Waals surface area contributed by atoms with Crippen LogP contribution in [0.15, 0.2) is 54.6 Å². The maximum Gasteiger partial charge on any atom is 0.408 e. The molecule has 2 aromatic rings. The number of carbonyl (C=O) groups excluding carboxylic acids is 1. The molecule has 0 aliphatic heterocycles. The molecule has 0 bridgehead atoms. The Bertz CT molecular complexity index is 720. The van der Waals surface area contributed by atoms with E-state index in [4.69, 9.17) is 9.94 Å². The molecule has 0 saturated carbocycles. The number of ether oxygens (including phenoxy) is 1. The first-order valence-electron chi connectivity index (χ1n) is 7.48. The topological polar surface area (TPSA) is 123 Å². The van der Waals surface area contributed by atoms with E-state index in [0.717, 1.165) is 5.56 Å². The van der Waals surface area contributed by atoms with Gasteiger partial charge in [0.05, 0.1) is 5.56 Å². The van der Waals surface area contributed by atoms with Gasteiger partial charge in [-0.15, -0.1) is 0 Å². The maximum atomic E-state index is 11.9. The lowest BCUT2D eigenvalue weighted by Crippen LogP contribution is -2.99. The molecule has 8 nitrogen and oxygen atoms in total. The lowest BCUT2D eigenvalue weighted by molar-refractivity contribution is -0.991. The van der Waals surface area contributed by atoms with Crippen molar-refractivity contribution in [3.63, 3.8) is 0 Å². The molecule has 1 unspecified atom stereocenters. The molecule has 0 saturated heterocycles. The molecule has 2 aromatic carbocycles. The minimum Gasteiger partial charge on any atom is -0.595 e. The van der Waals surface area contributed by atoms with Crippen molar-refractivity contribution in [3.8, 4) is 0 Å². The van der Waals surface area contributed by atoms with Crippen LogP contribution in [0.25, 0.3) is 0 Å². The summed E-state index contributed by atoms with van der Waals surface area (Å²) in [6, 6.07) is 13.8. The molecule has 1 amide bonds. The van der Waals surface area contributed by atoms with Crippen LogP contribution in [0.4, 0.5) is 10.5 Å². The first-order valence-corrected chi connectivity index (χ1v) is 7.48. The van der Waals surface area contributed by atoms with Crippen molar-refractivity contribution in [2.75, 3.05) is 0 Å². The van der Waals surface area contributed by atoms with Crippen LogP contribution in [0.3, 0.4) is 0 Å². The first-order chi connectivity index (χ1) is 12.0. The number of carboxylic acids is 1. The van der Waals surface area contributed by atoms with Crippen molar-refractivity contribution >= 4 is 17.7 Å². The Labute approximate surface area is 143 Å². The molecule has 0 fully saturated rings. The molecule has 8 heteroatoms. The van der Waals surface area contributed by atoms with E-state index in [0.29, 0.717) is 5.56 Å². The zero-order valence-electron chi connectivity index (χ0n) is 13.2. The molecular weight excluding hydrogens is 328 g/mol. The SMILES string of the molecule is O=C(N[C@H](Cc1ccccc1)C(=O)O)OCc1ccccc1[NH+]([O-])O. The summed E-state index contributed by atoms with van der Waals surface area (Å²) in [5.41, 5.74) is 1.10. The number of nitrogens with one attached hydrogen (secondary N) is 2. The third-order valence-electron chi connectivity index (χ3n) is 3.48. The summed E-state index contributed by atoms with van der Waals surface area (Å²) in [6.45, 7) is -0.272. The number of benzene rings is 2. The van der Waals surface area contributed by atoms with E-state index < -0.39 is 23.3 Å². The largest absolute Gasteiger partial charge is 0.595 e. The number of alkyl carbamates (subject to hydrolysis) is 1. The molecule has 0 heterocycles. The number of rotatable bonds is 7. The van der Waals surface area contributed by atoms with E-state index in [1.807, 2.05) is 0 Å². The molecular formula is C17H18N2O6. The second-order valence-electron chi connectivity index (χ2n) is 5.26. The zero-order valence-corrected chi connectivity index (χ0v) is 13.2. The Morgan fingerprint density at radius 2 is 1.76 bits per heavy atom. The normalized spacial score (nSPS) is 12.9.